The highest BCUT2D eigenvalue weighted by Crippen LogP contribution is 2.24. The molecule has 1 aliphatic carbocycles. The molecule has 1 amide bonds. The van der Waals surface area contributed by atoms with E-state index >= 15 is 0 Å². The van der Waals surface area contributed by atoms with Gasteiger partial charge >= 0.3 is 0 Å². The van der Waals surface area contributed by atoms with Crippen molar-refractivity contribution in [1.29, 1.82) is 0 Å². The maximum atomic E-state index is 11.4. The molecule has 0 aromatic rings. The van der Waals surface area contributed by atoms with Crippen molar-refractivity contribution in [3.63, 3.8) is 0 Å². The molecule has 0 spiro atoms. The Morgan fingerprint density at radius 1 is 1.06 bits per heavy atom. The van der Waals surface area contributed by atoms with Gasteiger partial charge in [-0.15, -0.1) is 24.8 Å². The molecule has 4 nitrogen and oxygen atoms in total. The van der Waals surface area contributed by atoms with E-state index < -0.39 is 0 Å². The lowest BCUT2D eigenvalue weighted by Crippen LogP contribution is -2.52. The molecule has 102 valence electrons. The third kappa shape index (κ3) is 4.28. The Balaban J connectivity index is 0.00000128. The van der Waals surface area contributed by atoms with E-state index in [-0.39, 0.29) is 37.3 Å². The zero-order valence-electron chi connectivity index (χ0n) is 10.1. The molecule has 0 atom stereocenters. The van der Waals surface area contributed by atoms with E-state index in [1.54, 1.807) is 0 Å². The van der Waals surface area contributed by atoms with Crippen LogP contribution >= 0.6 is 24.8 Å². The average molecular weight is 284 g/mol. The van der Waals surface area contributed by atoms with E-state index in [2.05, 4.69) is 4.90 Å². The summed E-state index contributed by atoms with van der Waals surface area (Å²) in [5.74, 6) is 0.0982. The van der Waals surface area contributed by atoms with Crippen LogP contribution in [-0.2, 0) is 4.79 Å². The summed E-state index contributed by atoms with van der Waals surface area (Å²) in [7, 11) is 0. The van der Waals surface area contributed by atoms with Crippen LogP contribution in [0.15, 0.2) is 0 Å². The van der Waals surface area contributed by atoms with Gasteiger partial charge in [0.2, 0.25) is 5.91 Å². The Morgan fingerprint density at radius 2 is 1.59 bits per heavy atom. The second-order valence-corrected chi connectivity index (χ2v) is 4.56. The number of nitrogens with zero attached hydrogens (tertiary/aromatic N) is 2. The minimum absolute atomic E-state index is 0. The fraction of sp³-hybridized carbons (Fsp3) is 0.909. The fourth-order valence-corrected chi connectivity index (χ4v) is 2.73. The summed E-state index contributed by atoms with van der Waals surface area (Å²) in [4.78, 5) is 15.8. The number of hydrogen-bond acceptors (Lipinski definition) is 3. The molecule has 0 aromatic carbocycles. The molecule has 1 saturated carbocycles. The van der Waals surface area contributed by atoms with Gasteiger partial charge in [-0.1, -0.05) is 12.8 Å². The molecule has 17 heavy (non-hydrogen) atoms. The molecule has 1 heterocycles. The third-order valence-corrected chi connectivity index (χ3v) is 3.68. The van der Waals surface area contributed by atoms with Crippen molar-refractivity contribution >= 4 is 30.7 Å². The van der Waals surface area contributed by atoms with Crippen LogP contribution in [0.5, 0.6) is 0 Å². The van der Waals surface area contributed by atoms with Gasteiger partial charge in [0, 0.05) is 32.2 Å². The predicted molar refractivity (Wildman–Crippen MR) is 74.0 cm³/mol. The monoisotopic (exact) mass is 283 g/mol. The molecular weight excluding hydrogens is 261 g/mol. The van der Waals surface area contributed by atoms with Crippen molar-refractivity contribution in [2.24, 2.45) is 5.73 Å². The molecule has 0 unspecified atom stereocenters. The van der Waals surface area contributed by atoms with E-state index in [1.807, 2.05) is 4.90 Å². The Labute approximate surface area is 116 Å². The lowest BCUT2D eigenvalue weighted by Gasteiger charge is -2.37. The zero-order valence-corrected chi connectivity index (χ0v) is 11.8. The molecule has 2 fully saturated rings. The van der Waals surface area contributed by atoms with Crippen molar-refractivity contribution in [1.82, 2.24) is 9.80 Å². The van der Waals surface area contributed by atoms with Crippen LogP contribution in [0.4, 0.5) is 0 Å². The minimum Gasteiger partial charge on any atom is -0.339 e. The highest BCUT2D eigenvalue weighted by atomic mass is 35.5. The van der Waals surface area contributed by atoms with E-state index in [4.69, 9.17) is 5.73 Å². The standard InChI is InChI=1S/C11H21N3O.2ClH/c12-9-11(15)14-7-5-13(6-8-14)10-3-1-2-4-10;;/h10H,1-9,12H2;2*1H. The number of halogens is 2. The summed E-state index contributed by atoms with van der Waals surface area (Å²) in [5.41, 5.74) is 5.35. The Kier molecular flexibility index (Phi) is 8.12. The molecule has 0 radical (unpaired) electrons. The third-order valence-electron chi connectivity index (χ3n) is 3.68. The predicted octanol–water partition coefficient (Wildman–Crippen LogP) is 0.875. The quantitative estimate of drug-likeness (QED) is 0.819. The first-order chi connectivity index (χ1) is 7.31. The summed E-state index contributed by atoms with van der Waals surface area (Å²) >= 11 is 0. The van der Waals surface area contributed by atoms with E-state index in [1.165, 1.54) is 25.7 Å². The van der Waals surface area contributed by atoms with Crippen LogP contribution in [0.25, 0.3) is 0 Å². The van der Waals surface area contributed by atoms with Crippen molar-refractivity contribution in [3.05, 3.63) is 0 Å². The normalized spacial score (nSPS) is 21.8. The summed E-state index contributed by atoms with van der Waals surface area (Å²) in [6.07, 6.45) is 5.47. The van der Waals surface area contributed by atoms with Gasteiger partial charge in [-0.05, 0) is 12.8 Å². The van der Waals surface area contributed by atoms with Gasteiger partial charge in [-0.3, -0.25) is 9.69 Å². The Bertz CT molecular complexity index is 227. The highest BCUT2D eigenvalue weighted by molar-refractivity contribution is 5.85. The lowest BCUT2D eigenvalue weighted by molar-refractivity contribution is -0.131. The van der Waals surface area contributed by atoms with Gasteiger partial charge in [0.1, 0.15) is 0 Å². The molecule has 2 aliphatic rings. The molecule has 6 heteroatoms. The smallest absolute Gasteiger partial charge is 0.236 e. The van der Waals surface area contributed by atoms with Gasteiger partial charge < -0.3 is 10.6 Å². The molecular formula is C11H23Cl2N3O. The molecule has 1 saturated heterocycles. The first-order valence-corrected chi connectivity index (χ1v) is 6.03. The van der Waals surface area contributed by atoms with Crippen molar-refractivity contribution in [2.75, 3.05) is 32.7 Å². The second-order valence-electron chi connectivity index (χ2n) is 4.56. The van der Waals surface area contributed by atoms with Crippen LogP contribution in [-0.4, -0.2) is 54.5 Å². The SMILES string of the molecule is Cl.Cl.NCC(=O)N1CCN(C2CCCC2)CC1. The van der Waals surface area contributed by atoms with Gasteiger partial charge in [-0.25, -0.2) is 0 Å². The maximum Gasteiger partial charge on any atom is 0.236 e. The first-order valence-electron chi connectivity index (χ1n) is 6.03. The molecule has 0 bridgehead atoms. The summed E-state index contributed by atoms with van der Waals surface area (Å²) in [5, 5.41) is 0. The van der Waals surface area contributed by atoms with Crippen LogP contribution in [0, 0.1) is 0 Å². The second kappa shape index (κ2) is 8.14. The number of piperazine rings is 1. The van der Waals surface area contributed by atoms with Crippen LogP contribution in [0.1, 0.15) is 25.7 Å². The van der Waals surface area contributed by atoms with Crippen LogP contribution in [0.3, 0.4) is 0 Å². The van der Waals surface area contributed by atoms with Crippen molar-refractivity contribution < 1.29 is 4.79 Å². The zero-order chi connectivity index (χ0) is 10.7. The van der Waals surface area contributed by atoms with Crippen molar-refractivity contribution in [3.8, 4) is 0 Å². The topological polar surface area (TPSA) is 49.6 Å². The van der Waals surface area contributed by atoms with E-state index in [9.17, 15) is 4.79 Å². The average Bonchev–Trinajstić information content (AvgIpc) is 2.82. The van der Waals surface area contributed by atoms with Gasteiger partial charge in [0.15, 0.2) is 0 Å². The van der Waals surface area contributed by atoms with E-state index in [0.29, 0.717) is 0 Å². The molecule has 0 aromatic heterocycles. The Morgan fingerprint density at radius 3 is 2.06 bits per heavy atom. The number of carbonyl (C=O) groups excluding carboxylic acids is 1. The van der Waals surface area contributed by atoms with Crippen LogP contribution in [0.2, 0.25) is 0 Å². The number of hydrogen-bond donors (Lipinski definition) is 1. The van der Waals surface area contributed by atoms with E-state index in [0.717, 1.165) is 32.2 Å². The molecule has 2 N–H and O–H groups in total. The lowest BCUT2D eigenvalue weighted by atomic mass is 10.2. The summed E-state index contributed by atoms with van der Waals surface area (Å²) in [6, 6.07) is 0.792. The number of carbonyl (C=O) groups is 1. The fourth-order valence-electron chi connectivity index (χ4n) is 2.73. The number of amides is 1. The summed E-state index contributed by atoms with van der Waals surface area (Å²) < 4.78 is 0. The molecule has 1 aliphatic heterocycles. The van der Waals surface area contributed by atoms with Gasteiger partial charge in [-0.2, -0.15) is 0 Å². The maximum absolute atomic E-state index is 11.4. The molecule has 2 rings (SSSR count). The van der Waals surface area contributed by atoms with Gasteiger partial charge in [0.25, 0.3) is 0 Å². The Hall–Kier alpha value is -0.0300. The largest absolute Gasteiger partial charge is 0.339 e. The highest BCUT2D eigenvalue weighted by Gasteiger charge is 2.27. The van der Waals surface area contributed by atoms with Crippen LogP contribution < -0.4 is 5.73 Å². The number of nitrogens with two attached hydrogens (primary N) is 1. The first kappa shape index (κ1) is 17.0. The summed E-state index contributed by atoms with van der Waals surface area (Å²) in [6.45, 7) is 3.97. The van der Waals surface area contributed by atoms with Crippen molar-refractivity contribution in [2.45, 2.75) is 31.7 Å². The minimum atomic E-state index is 0. The number of rotatable bonds is 2. The van der Waals surface area contributed by atoms with Gasteiger partial charge in [0.05, 0.1) is 6.54 Å².